The summed E-state index contributed by atoms with van der Waals surface area (Å²) in [6.07, 6.45) is 2.20. The number of nitrogens with one attached hydrogen (secondary N) is 1. The van der Waals surface area contributed by atoms with Crippen LogP contribution in [0.1, 0.15) is 37.3 Å². The lowest BCUT2D eigenvalue weighted by Crippen LogP contribution is -2.14. The van der Waals surface area contributed by atoms with Crippen molar-refractivity contribution in [2.45, 2.75) is 31.7 Å². The van der Waals surface area contributed by atoms with Gasteiger partial charge in [0.25, 0.3) is 0 Å². The van der Waals surface area contributed by atoms with Crippen molar-refractivity contribution in [3.8, 4) is 0 Å². The van der Waals surface area contributed by atoms with Gasteiger partial charge >= 0.3 is 5.69 Å². The number of benzene rings is 1. The van der Waals surface area contributed by atoms with Gasteiger partial charge in [0, 0.05) is 18.6 Å². The van der Waals surface area contributed by atoms with Crippen molar-refractivity contribution < 1.29 is 5.11 Å². The first-order valence-corrected chi connectivity index (χ1v) is 6.05. The van der Waals surface area contributed by atoms with E-state index in [9.17, 15) is 4.79 Å². The Labute approximate surface area is 98.9 Å². The third kappa shape index (κ3) is 1.69. The van der Waals surface area contributed by atoms with E-state index in [0.29, 0.717) is 6.04 Å². The monoisotopic (exact) mass is 232 g/mol. The fraction of sp³-hybridized carbons (Fsp3) is 0.462. The average Bonchev–Trinajstić information content (AvgIpc) is 3.10. The Hall–Kier alpha value is -1.55. The third-order valence-corrected chi connectivity index (χ3v) is 3.50. The van der Waals surface area contributed by atoms with Crippen LogP contribution in [-0.4, -0.2) is 21.3 Å². The first-order valence-electron chi connectivity index (χ1n) is 6.05. The van der Waals surface area contributed by atoms with Gasteiger partial charge in [-0.25, -0.2) is 4.79 Å². The molecule has 0 aliphatic heterocycles. The van der Waals surface area contributed by atoms with Crippen LogP contribution in [-0.2, 0) is 0 Å². The second-order valence-electron chi connectivity index (χ2n) is 4.89. The summed E-state index contributed by atoms with van der Waals surface area (Å²) in [5.74, 6) is 0.104. The Morgan fingerprint density at radius 1 is 1.53 bits per heavy atom. The molecule has 1 heterocycles. The number of rotatable bonds is 3. The van der Waals surface area contributed by atoms with Crippen molar-refractivity contribution in [1.82, 2.24) is 9.55 Å². The fourth-order valence-corrected chi connectivity index (χ4v) is 2.26. The molecule has 4 nitrogen and oxygen atoms in total. The Balaban J connectivity index is 2.15. The normalized spacial score (nSPS) is 17.5. The summed E-state index contributed by atoms with van der Waals surface area (Å²) >= 11 is 0. The lowest BCUT2D eigenvalue weighted by molar-refractivity contribution is 0.273. The van der Waals surface area contributed by atoms with Crippen LogP contribution in [0.3, 0.4) is 0 Å². The van der Waals surface area contributed by atoms with Crippen LogP contribution in [0.2, 0.25) is 0 Å². The molecule has 0 saturated heterocycles. The van der Waals surface area contributed by atoms with Gasteiger partial charge in [-0.05, 0) is 30.5 Å². The first-order chi connectivity index (χ1) is 8.20. The van der Waals surface area contributed by atoms with E-state index < -0.39 is 0 Å². The Morgan fingerprint density at radius 2 is 2.29 bits per heavy atom. The van der Waals surface area contributed by atoms with E-state index >= 15 is 0 Å². The maximum Gasteiger partial charge on any atom is 0.326 e. The van der Waals surface area contributed by atoms with Crippen LogP contribution in [0.15, 0.2) is 23.0 Å². The van der Waals surface area contributed by atoms with Gasteiger partial charge in [0.1, 0.15) is 0 Å². The predicted octanol–water partition coefficient (Wildman–Crippen LogP) is 1.76. The number of hydrogen-bond donors (Lipinski definition) is 2. The van der Waals surface area contributed by atoms with Gasteiger partial charge in [0.2, 0.25) is 0 Å². The molecule has 1 saturated carbocycles. The average molecular weight is 232 g/mol. The van der Waals surface area contributed by atoms with Crippen molar-refractivity contribution >= 4 is 11.0 Å². The molecule has 0 radical (unpaired) electrons. The van der Waals surface area contributed by atoms with E-state index in [1.807, 2.05) is 29.7 Å². The molecule has 2 N–H and O–H groups in total. The van der Waals surface area contributed by atoms with Gasteiger partial charge in [-0.3, -0.25) is 4.57 Å². The molecule has 1 fully saturated rings. The van der Waals surface area contributed by atoms with E-state index in [-0.39, 0.29) is 18.2 Å². The molecule has 1 aromatic heterocycles. The van der Waals surface area contributed by atoms with E-state index in [1.165, 1.54) is 0 Å². The largest absolute Gasteiger partial charge is 0.396 e. The van der Waals surface area contributed by atoms with Crippen molar-refractivity contribution in [2.24, 2.45) is 0 Å². The molecule has 1 aromatic carbocycles. The molecule has 0 bridgehead atoms. The third-order valence-electron chi connectivity index (χ3n) is 3.50. The zero-order valence-electron chi connectivity index (χ0n) is 9.81. The van der Waals surface area contributed by atoms with Gasteiger partial charge in [-0.1, -0.05) is 13.0 Å². The zero-order valence-corrected chi connectivity index (χ0v) is 9.81. The Kier molecular flexibility index (Phi) is 2.33. The lowest BCUT2D eigenvalue weighted by Gasteiger charge is -2.08. The molecule has 2 aromatic rings. The van der Waals surface area contributed by atoms with Crippen LogP contribution < -0.4 is 5.69 Å². The first kappa shape index (κ1) is 10.6. The van der Waals surface area contributed by atoms with Gasteiger partial charge in [0.15, 0.2) is 0 Å². The predicted molar refractivity (Wildman–Crippen MR) is 66.3 cm³/mol. The molecule has 90 valence electrons. The fourth-order valence-electron chi connectivity index (χ4n) is 2.26. The number of aromatic amines is 1. The number of aliphatic hydroxyl groups excluding tert-OH is 1. The summed E-state index contributed by atoms with van der Waals surface area (Å²) in [5.41, 5.74) is 2.89. The molecule has 17 heavy (non-hydrogen) atoms. The molecule has 3 rings (SSSR count). The number of nitrogens with zero attached hydrogens (tertiary/aromatic N) is 1. The van der Waals surface area contributed by atoms with Crippen LogP contribution in [0.25, 0.3) is 11.0 Å². The topological polar surface area (TPSA) is 58.0 Å². The molecule has 1 atom stereocenters. The maximum absolute atomic E-state index is 11.8. The number of aliphatic hydroxyl groups is 1. The molecule has 1 unspecified atom stereocenters. The van der Waals surface area contributed by atoms with Gasteiger partial charge in [-0.2, -0.15) is 0 Å². The molecular formula is C13H16N2O2. The molecule has 1 aliphatic carbocycles. The Morgan fingerprint density at radius 3 is 2.94 bits per heavy atom. The number of imidazole rings is 1. The quantitative estimate of drug-likeness (QED) is 0.847. The number of hydrogen-bond acceptors (Lipinski definition) is 2. The minimum Gasteiger partial charge on any atom is -0.396 e. The highest BCUT2D eigenvalue weighted by atomic mass is 16.3. The van der Waals surface area contributed by atoms with Crippen LogP contribution in [0.4, 0.5) is 0 Å². The highest BCUT2D eigenvalue weighted by molar-refractivity contribution is 5.76. The zero-order chi connectivity index (χ0) is 12.0. The van der Waals surface area contributed by atoms with Gasteiger partial charge < -0.3 is 10.1 Å². The molecular weight excluding hydrogens is 216 g/mol. The second-order valence-corrected chi connectivity index (χ2v) is 4.89. The number of fused-ring (bicyclic) bond motifs is 1. The van der Waals surface area contributed by atoms with Crippen LogP contribution in [0, 0.1) is 0 Å². The van der Waals surface area contributed by atoms with E-state index in [0.717, 1.165) is 29.4 Å². The molecule has 1 aliphatic rings. The van der Waals surface area contributed by atoms with E-state index in [2.05, 4.69) is 4.98 Å². The van der Waals surface area contributed by atoms with Crippen molar-refractivity contribution in [3.63, 3.8) is 0 Å². The summed E-state index contributed by atoms with van der Waals surface area (Å²) in [5, 5.41) is 9.14. The number of aromatic nitrogens is 2. The van der Waals surface area contributed by atoms with E-state index in [4.69, 9.17) is 5.11 Å². The minimum absolute atomic E-state index is 0.0173. The highest BCUT2D eigenvalue weighted by Gasteiger charge is 2.27. The molecule has 0 spiro atoms. The summed E-state index contributed by atoms with van der Waals surface area (Å²) in [4.78, 5) is 14.7. The second kappa shape index (κ2) is 3.74. The van der Waals surface area contributed by atoms with Crippen LogP contribution in [0.5, 0.6) is 0 Å². The van der Waals surface area contributed by atoms with E-state index in [1.54, 1.807) is 0 Å². The lowest BCUT2D eigenvalue weighted by atomic mass is 10.0. The summed E-state index contributed by atoms with van der Waals surface area (Å²) in [6, 6.07) is 6.33. The smallest absolute Gasteiger partial charge is 0.326 e. The number of H-pyrrole nitrogens is 1. The molecule has 4 heteroatoms. The standard InChI is InChI=1S/C13H16N2O2/c1-8(7-16)9-2-5-12-11(6-9)14-13(17)15(12)10-3-4-10/h2,5-6,8,10,16H,3-4,7H2,1H3,(H,14,17). The van der Waals surface area contributed by atoms with Gasteiger partial charge in [-0.15, -0.1) is 0 Å². The van der Waals surface area contributed by atoms with Gasteiger partial charge in [0.05, 0.1) is 11.0 Å². The van der Waals surface area contributed by atoms with Crippen LogP contribution >= 0.6 is 0 Å². The highest BCUT2D eigenvalue weighted by Crippen LogP contribution is 2.35. The summed E-state index contributed by atoms with van der Waals surface area (Å²) in [7, 11) is 0. The van der Waals surface area contributed by atoms with Crippen molar-refractivity contribution in [3.05, 3.63) is 34.2 Å². The molecule has 0 amide bonds. The maximum atomic E-state index is 11.8. The van der Waals surface area contributed by atoms with Crippen molar-refractivity contribution in [1.29, 1.82) is 0 Å². The summed E-state index contributed by atoms with van der Waals surface area (Å²) < 4.78 is 1.85. The minimum atomic E-state index is -0.0173. The Bertz CT molecular complexity index is 607. The SMILES string of the molecule is CC(CO)c1ccc2c(c1)[nH]c(=O)n2C1CC1. The van der Waals surface area contributed by atoms with Crippen molar-refractivity contribution in [2.75, 3.05) is 6.61 Å². The summed E-state index contributed by atoms with van der Waals surface area (Å²) in [6.45, 7) is 2.09.